The Morgan fingerprint density at radius 1 is 1.12 bits per heavy atom. The Balaban J connectivity index is 1.91. The maximum absolute atomic E-state index is 13.5. The summed E-state index contributed by atoms with van der Waals surface area (Å²) in [6.07, 6.45) is 1.66. The Bertz CT molecular complexity index is 1140. The third-order valence-corrected chi connectivity index (χ3v) is 6.93. The van der Waals surface area contributed by atoms with Gasteiger partial charge >= 0.3 is 5.97 Å². The van der Waals surface area contributed by atoms with Crippen LogP contribution in [0, 0.1) is 5.41 Å². The van der Waals surface area contributed by atoms with Crippen molar-refractivity contribution in [2.75, 3.05) is 19.6 Å². The maximum atomic E-state index is 13.5. The van der Waals surface area contributed by atoms with Gasteiger partial charge in [0.05, 0.1) is 25.0 Å². The normalized spacial score (nSPS) is 26.4. The summed E-state index contributed by atoms with van der Waals surface area (Å²) in [6.45, 7) is 3.79. The van der Waals surface area contributed by atoms with Crippen molar-refractivity contribution in [2.45, 2.75) is 82.6 Å². The molecule has 3 rings (SSSR count). The largest absolute Gasteiger partial charge is 0.481 e. The van der Waals surface area contributed by atoms with Crippen molar-refractivity contribution in [1.82, 2.24) is 41.7 Å². The summed E-state index contributed by atoms with van der Waals surface area (Å²) in [4.78, 5) is 65.3. The van der Waals surface area contributed by atoms with Crippen LogP contribution in [0.3, 0.4) is 0 Å². The first-order chi connectivity index (χ1) is 19.5. The molecule has 226 valence electrons. The molecule has 0 spiro atoms. The van der Waals surface area contributed by atoms with Crippen LogP contribution < -0.4 is 32.3 Å². The lowest BCUT2D eigenvalue weighted by molar-refractivity contribution is -0.141. The summed E-state index contributed by atoms with van der Waals surface area (Å²) in [5, 5.41) is 37.6. The summed E-state index contributed by atoms with van der Waals surface area (Å²) in [5.41, 5.74) is 5.31. The quantitative estimate of drug-likeness (QED) is 0.0992. The summed E-state index contributed by atoms with van der Waals surface area (Å²) < 4.78 is 5.88. The molecule has 1 fully saturated rings. The summed E-state index contributed by atoms with van der Waals surface area (Å²) in [6, 6.07) is -4.23. The van der Waals surface area contributed by atoms with E-state index in [0.717, 1.165) is 6.42 Å². The second-order valence-corrected chi connectivity index (χ2v) is 10.0. The second kappa shape index (κ2) is 14.4. The van der Waals surface area contributed by atoms with Gasteiger partial charge < -0.3 is 41.8 Å². The summed E-state index contributed by atoms with van der Waals surface area (Å²) in [7, 11) is 0. The molecule has 1 aromatic heterocycles. The Kier molecular flexibility index (Phi) is 11.0. The number of carbonyl (C=O) groups is 5. The lowest BCUT2D eigenvalue weighted by atomic mass is 10.1. The summed E-state index contributed by atoms with van der Waals surface area (Å²) in [5.74, 6) is -3.80. The number of hydrogen-bond acceptors (Lipinski definition) is 10. The van der Waals surface area contributed by atoms with Crippen molar-refractivity contribution in [3.63, 3.8) is 0 Å². The molecule has 17 nitrogen and oxygen atoms in total. The van der Waals surface area contributed by atoms with Crippen LogP contribution in [0.4, 0.5) is 0 Å². The van der Waals surface area contributed by atoms with Crippen molar-refractivity contribution in [1.29, 1.82) is 5.41 Å². The van der Waals surface area contributed by atoms with Crippen LogP contribution >= 0.6 is 0 Å². The number of nitrogens with one attached hydrogen (secondary N) is 6. The van der Waals surface area contributed by atoms with Gasteiger partial charge in [-0.2, -0.15) is 0 Å². The first-order valence-electron chi connectivity index (χ1n) is 13.6. The van der Waals surface area contributed by atoms with Crippen molar-refractivity contribution >= 4 is 35.6 Å². The molecule has 1 aromatic rings. The Morgan fingerprint density at radius 3 is 2.54 bits per heavy atom. The van der Waals surface area contributed by atoms with Gasteiger partial charge in [-0.1, -0.05) is 6.92 Å². The minimum atomic E-state index is -1.44. The van der Waals surface area contributed by atoms with E-state index < -0.39 is 66.9 Å². The van der Waals surface area contributed by atoms with Crippen LogP contribution in [0.1, 0.15) is 76.2 Å². The number of nitrogens with two attached hydrogens (primary N) is 1. The van der Waals surface area contributed by atoms with Gasteiger partial charge in [0, 0.05) is 6.54 Å². The van der Waals surface area contributed by atoms with Crippen LogP contribution in [0.2, 0.25) is 0 Å². The molecule has 17 heteroatoms. The van der Waals surface area contributed by atoms with E-state index in [-0.39, 0.29) is 36.6 Å². The molecule has 4 amide bonds. The number of hydrogen-bond donors (Lipinski definition) is 8. The summed E-state index contributed by atoms with van der Waals surface area (Å²) >= 11 is 0. The van der Waals surface area contributed by atoms with Gasteiger partial charge in [0.2, 0.25) is 35.4 Å². The van der Waals surface area contributed by atoms with E-state index in [1.807, 2.05) is 11.8 Å². The zero-order valence-corrected chi connectivity index (χ0v) is 23.1. The SMILES string of the molecule is CCC1c2nnc(o2)[C@H](C)NC(=O)[C@H](CC(=O)O)NC(=O)CNC(=O)[C@H](CCCNC(=N)N)NC(=O)[C@@H]2CCCN12. The molecule has 0 aromatic carbocycles. The fourth-order valence-electron chi connectivity index (χ4n) is 4.91. The number of carboxylic acid groups (broad SMARTS) is 1. The zero-order chi connectivity index (χ0) is 30.1. The fourth-order valence-corrected chi connectivity index (χ4v) is 4.91. The third kappa shape index (κ3) is 8.60. The van der Waals surface area contributed by atoms with Gasteiger partial charge in [-0.25, -0.2) is 0 Å². The number of guanidine groups is 1. The molecular formula is C24H38N10O7. The van der Waals surface area contributed by atoms with E-state index in [1.165, 1.54) is 0 Å². The highest BCUT2D eigenvalue weighted by atomic mass is 16.4. The molecule has 0 radical (unpaired) electrons. The van der Waals surface area contributed by atoms with Crippen molar-refractivity contribution in [2.24, 2.45) is 5.73 Å². The van der Waals surface area contributed by atoms with Gasteiger partial charge in [0.25, 0.3) is 0 Å². The second-order valence-electron chi connectivity index (χ2n) is 10.0. The predicted molar refractivity (Wildman–Crippen MR) is 142 cm³/mol. The Labute approximate surface area is 236 Å². The van der Waals surface area contributed by atoms with E-state index >= 15 is 0 Å². The van der Waals surface area contributed by atoms with Crippen LogP contribution in [-0.2, 0) is 24.0 Å². The van der Waals surface area contributed by atoms with E-state index in [2.05, 4.69) is 36.8 Å². The van der Waals surface area contributed by atoms with E-state index in [0.29, 0.717) is 25.8 Å². The number of aliphatic carboxylic acids is 1. The Hall–Kier alpha value is -4.28. The third-order valence-electron chi connectivity index (χ3n) is 6.93. The smallest absolute Gasteiger partial charge is 0.305 e. The number of carbonyl (C=O) groups excluding carboxylic acids is 4. The molecule has 1 unspecified atom stereocenters. The molecule has 2 aliphatic rings. The molecule has 0 saturated carbocycles. The number of fused-ring (bicyclic) bond motifs is 3. The highest BCUT2D eigenvalue weighted by Gasteiger charge is 2.39. The number of nitrogens with zero attached hydrogens (tertiary/aromatic N) is 3. The van der Waals surface area contributed by atoms with E-state index in [4.69, 9.17) is 15.6 Å². The van der Waals surface area contributed by atoms with E-state index in [9.17, 15) is 29.1 Å². The fraction of sp³-hybridized carbons (Fsp3) is 0.667. The molecule has 5 atom stereocenters. The number of rotatable bonds is 7. The number of aromatic nitrogens is 2. The van der Waals surface area contributed by atoms with E-state index in [1.54, 1.807) is 6.92 Å². The molecule has 9 N–H and O–H groups in total. The average Bonchev–Trinajstić information content (AvgIpc) is 3.59. The van der Waals surface area contributed by atoms with Crippen LogP contribution in [0.25, 0.3) is 0 Å². The molecule has 3 heterocycles. The Morgan fingerprint density at radius 2 is 1.85 bits per heavy atom. The maximum Gasteiger partial charge on any atom is 0.305 e. The standard InChI is InChI=1S/C24H38N10O7/c1-3-15-23-33-32-22(41-23)12(2)29-20(39)14(10-18(36)37)30-17(35)11-28-19(38)13(6-4-8-27-24(25)26)31-21(40)16-7-5-9-34(15)16/h12-16H,3-11H2,1-2H3,(H,28,38)(H,29,39)(H,30,35)(H,31,40)(H,36,37)(H4,25,26,27)/t12-,13-,14-,15?,16-/m0/s1. The minimum Gasteiger partial charge on any atom is -0.481 e. The first-order valence-corrected chi connectivity index (χ1v) is 13.6. The lowest BCUT2D eigenvalue weighted by Crippen LogP contribution is -2.55. The number of amides is 4. The minimum absolute atomic E-state index is 0.0833. The average molecular weight is 579 g/mol. The van der Waals surface area contributed by atoms with Crippen molar-refractivity contribution in [3.05, 3.63) is 11.8 Å². The molecule has 1 saturated heterocycles. The van der Waals surface area contributed by atoms with Gasteiger partial charge in [0.1, 0.15) is 18.1 Å². The van der Waals surface area contributed by atoms with Gasteiger partial charge in [0.15, 0.2) is 5.96 Å². The molecule has 0 aliphatic carbocycles. The lowest BCUT2D eigenvalue weighted by Gasteiger charge is -2.30. The molecule has 41 heavy (non-hydrogen) atoms. The zero-order valence-electron chi connectivity index (χ0n) is 23.1. The monoisotopic (exact) mass is 578 g/mol. The number of carboxylic acids is 1. The highest BCUT2D eigenvalue weighted by molar-refractivity contribution is 5.94. The molecule has 2 aliphatic heterocycles. The van der Waals surface area contributed by atoms with Gasteiger partial charge in [-0.05, 0) is 45.6 Å². The van der Waals surface area contributed by atoms with Gasteiger partial charge in [-0.15, -0.1) is 10.2 Å². The highest BCUT2D eigenvalue weighted by Crippen LogP contribution is 2.32. The predicted octanol–water partition coefficient (Wildman–Crippen LogP) is -2.00. The molecule has 2 bridgehead atoms. The van der Waals surface area contributed by atoms with Crippen LogP contribution in [0.5, 0.6) is 0 Å². The molecular weight excluding hydrogens is 540 g/mol. The first kappa shape index (κ1) is 31.3. The van der Waals surface area contributed by atoms with Gasteiger partial charge in [-0.3, -0.25) is 34.3 Å². The van der Waals surface area contributed by atoms with Crippen molar-refractivity contribution < 1.29 is 33.5 Å². The van der Waals surface area contributed by atoms with Crippen LogP contribution in [-0.4, -0.2) is 93.5 Å². The van der Waals surface area contributed by atoms with Crippen LogP contribution in [0.15, 0.2) is 4.42 Å². The topological polar surface area (TPSA) is 258 Å². The van der Waals surface area contributed by atoms with Crippen molar-refractivity contribution in [3.8, 4) is 0 Å².